The lowest BCUT2D eigenvalue weighted by molar-refractivity contribution is -0.141. The van der Waals surface area contributed by atoms with Crippen LogP contribution in [0.2, 0.25) is 5.02 Å². The zero-order valence-electron chi connectivity index (χ0n) is 11.2. The average Bonchev–Trinajstić information content (AvgIpc) is 2.88. The maximum Gasteiger partial charge on any atom is 0.326 e. The molecule has 0 radical (unpaired) electrons. The summed E-state index contributed by atoms with van der Waals surface area (Å²) >= 11 is 5.92. The standard InChI is InChI=1S/C14H17ClN2O3/c1-9(10-4-2-5-11(15)8-10)16-14(20)17-7-3-6-12(17)13(18)19/h2,4-5,8-9,12H,3,6-7H2,1H3,(H,16,20)(H,18,19). The number of carboxylic acids is 1. The zero-order valence-corrected chi connectivity index (χ0v) is 11.9. The highest BCUT2D eigenvalue weighted by atomic mass is 35.5. The number of nitrogens with zero attached hydrogens (tertiary/aromatic N) is 1. The van der Waals surface area contributed by atoms with Crippen molar-refractivity contribution in [1.29, 1.82) is 0 Å². The Morgan fingerprint density at radius 2 is 2.25 bits per heavy atom. The summed E-state index contributed by atoms with van der Waals surface area (Å²) < 4.78 is 0. The van der Waals surface area contributed by atoms with Gasteiger partial charge in [-0.1, -0.05) is 23.7 Å². The second-order valence-electron chi connectivity index (χ2n) is 4.92. The van der Waals surface area contributed by atoms with E-state index < -0.39 is 12.0 Å². The average molecular weight is 297 g/mol. The van der Waals surface area contributed by atoms with Crippen LogP contribution in [0.15, 0.2) is 24.3 Å². The first-order valence-electron chi connectivity index (χ1n) is 6.54. The number of urea groups is 1. The van der Waals surface area contributed by atoms with E-state index in [2.05, 4.69) is 5.32 Å². The minimum Gasteiger partial charge on any atom is -0.480 e. The van der Waals surface area contributed by atoms with Crippen LogP contribution in [0.4, 0.5) is 4.79 Å². The summed E-state index contributed by atoms with van der Waals surface area (Å²) in [4.78, 5) is 24.6. The third-order valence-corrected chi connectivity index (χ3v) is 3.72. The highest BCUT2D eigenvalue weighted by Gasteiger charge is 2.34. The Morgan fingerprint density at radius 3 is 2.90 bits per heavy atom. The van der Waals surface area contributed by atoms with Crippen LogP contribution >= 0.6 is 11.6 Å². The maximum absolute atomic E-state index is 12.1. The Bertz CT molecular complexity index is 521. The van der Waals surface area contributed by atoms with Gasteiger partial charge in [0.2, 0.25) is 0 Å². The van der Waals surface area contributed by atoms with Crippen LogP contribution in [0, 0.1) is 0 Å². The van der Waals surface area contributed by atoms with Crippen molar-refractivity contribution in [3.05, 3.63) is 34.9 Å². The molecule has 2 atom stereocenters. The first-order valence-corrected chi connectivity index (χ1v) is 6.92. The summed E-state index contributed by atoms with van der Waals surface area (Å²) in [6.45, 7) is 2.32. The fourth-order valence-electron chi connectivity index (χ4n) is 2.39. The Kier molecular flexibility index (Phi) is 4.49. The van der Waals surface area contributed by atoms with Crippen LogP contribution in [0.1, 0.15) is 31.4 Å². The Balaban J connectivity index is 2.02. The van der Waals surface area contributed by atoms with E-state index in [1.165, 1.54) is 4.90 Å². The highest BCUT2D eigenvalue weighted by Crippen LogP contribution is 2.20. The van der Waals surface area contributed by atoms with Gasteiger partial charge >= 0.3 is 12.0 Å². The molecule has 0 aromatic heterocycles. The number of rotatable bonds is 3. The molecule has 20 heavy (non-hydrogen) atoms. The van der Waals surface area contributed by atoms with Crippen molar-refractivity contribution in [3.63, 3.8) is 0 Å². The van der Waals surface area contributed by atoms with Crippen molar-refractivity contribution in [3.8, 4) is 0 Å². The minimum atomic E-state index is -0.951. The Morgan fingerprint density at radius 1 is 1.50 bits per heavy atom. The first kappa shape index (κ1) is 14.7. The van der Waals surface area contributed by atoms with E-state index in [1.54, 1.807) is 12.1 Å². The smallest absolute Gasteiger partial charge is 0.326 e. The molecule has 5 nitrogen and oxygen atoms in total. The molecule has 108 valence electrons. The number of likely N-dealkylation sites (tertiary alicyclic amines) is 1. The molecule has 1 heterocycles. The van der Waals surface area contributed by atoms with Crippen molar-refractivity contribution in [2.75, 3.05) is 6.54 Å². The van der Waals surface area contributed by atoms with Gasteiger partial charge in [0, 0.05) is 11.6 Å². The molecule has 2 N–H and O–H groups in total. The van der Waals surface area contributed by atoms with Gasteiger partial charge in [-0.15, -0.1) is 0 Å². The van der Waals surface area contributed by atoms with Gasteiger partial charge in [-0.2, -0.15) is 0 Å². The van der Waals surface area contributed by atoms with Crippen molar-refractivity contribution < 1.29 is 14.7 Å². The fourth-order valence-corrected chi connectivity index (χ4v) is 2.59. The van der Waals surface area contributed by atoms with Gasteiger partial charge in [-0.25, -0.2) is 9.59 Å². The van der Waals surface area contributed by atoms with E-state index in [1.807, 2.05) is 19.1 Å². The number of carbonyl (C=O) groups is 2. The third kappa shape index (κ3) is 3.22. The lowest BCUT2D eigenvalue weighted by Gasteiger charge is -2.24. The molecule has 1 aliphatic rings. The summed E-state index contributed by atoms with van der Waals surface area (Å²) in [6.07, 6.45) is 1.23. The van der Waals surface area contributed by atoms with Crippen LogP contribution in [0.5, 0.6) is 0 Å². The number of halogens is 1. The maximum atomic E-state index is 12.1. The van der Waals surface area contributed by atoms with E-state index in [-0.39, 0.29) is 12.1 Å². The number of carboxylic acid groups (broad SMARTS) is 1. The SMILES string of the molecule is CC(NC(=O)N1CCCC1C(=O)O)c1cccc(Cl)c1. The van der Waals surface area contributed by atoms with E-state index in [0.717, 1.165) is 12.0 Å². The van der Waals surface area contributed by atoms with E-state index in [9.17, 15) is 9.59 Å². The van der Waals surface area contributed by atoms with Crippen LogP contribution < -0.4 is 5.32 Å². The molecule has 6 heteroatoms. The molecule has 2 amide bonds. The third-order valence-electron chi connectivity index (χ3n) is 3.49. The number of nitrogens with one attached hydrogen (secondary N) is 1. The van der Waals surface area contributed by atoms with Gasteiger partial charge < -0.3 is 15.3 Å². The number of aliphatic carboxylic acids is 1. The topological polar surface area (TPSA) is 69.6 Å². The molecule has 1 aromatic rings. The predicted molar refractivity (Wildman–Crippen MR) is 75.8 cm³/mol. The number of benzene rings is 1. The van der Waals surface area contributed by atoms with E-state index in [0.29, 0.717) is 18.0 Å². The number of carbonyl (C=O) groups excluding carboxylic acids is 1. The fraction of sp³-hybridized carbons (Fsp3) is 0.429. The summed E-state index contributed by atoms with van der Waals surface area (Å²) in [5.41, 5.74) is 0.886. The summed E-state index contributed by atoms with van der Waals surface area (Å²) in [7, 11) is 0. The van der Waals surface area contributed by atoms with Crippen LogP contribution in [0.25, 0.3) is 0 Å². The van der Waals surface area contributed by atoms with E-state index >= 15 is 0 Å². The summed E-state index contributed by atoms with van der Waals surface area (Å²) in [6, 6.07) is 5.94. The molecule has 1 aromatic carbocycles. The predicted octanol–water partition coefficient (Wildman–Crippen LogP) is 2.66. The number of hydrogen-bond donors (Lipinski definition) is 2. The largest absolute Gasteiger partial charge is 0.480 e. The highest BCUT2D eigenvalue weighted by molar-refractivity contribution is 6.30. The molecule has 1 saturated heterocycles. The molecule has 1 aliphatic heterocycles. The molecule has 0 aliphatic carbocycles. The normalized spacial score (nSPS) is 19.7. The molecular formula is C14H17ClN2O3. The lowest BCUT2D eigenvalue weighted by atomic mass is 10.1. The minimum absolute atomic E-state index is 0.226. The number of hydrogen-bond acceptors (Lipinski definition) is 2. The zero-order chi connectivity index (χ0) is 14.7. The molecule has 2 rings (SSSR count). The second-order valence-corrected chi connectivity index (χ2v) is 5.35. The lowest BCUT2D eigenvalue weighted by Crippen LogP contribution is -2.46. The first-order chi connectivity index (χ1) is 9.49. The monoisotopic (exact) mass is 296 g/mol. The van der Waals surface area contributed by atoms with Gasteiger partial charge in [-0.3, -0.25) is 0 Å². The van der Waals surface area contributed by atoms with Crippen molar-refractivity contribution in [2.24, 2.45) is 0 Å². The quantitative estimate of drug-likeness (QED) is 0.901. The van der Waals surface area contributed by atoms with E-state index in [4.69, 9.17) is 16.7 Å². The molecular weight excluding hydrogens is 280 g/mol. The van der Waals surface area contributed by atoms with Gasteiger partial charge in [0.15, 0.2) is 0 Å². The number of amides is 2. The van der Waals surface area contributed by atoms with Gasteiger partial charge in [0.1, 0.15) is 6.04 Å². The van der Waals surface area contributed by atoms with Gasteiger partial charge in [0.05, 0.1) is 6.04 Å². The van der Waals surface area contributed by atoms with Crippen LogP contribution in [-0.2, 0) is 4.79 Å². The molecule has 0 spiro atoms. The molecule has 2 unspecified atom stereocenters. The van der Waals surface area contributed by atoms with Crippen molar-refractivity contribution in [1.82, 2.24) is 10.2 Å². The van der Waals surface area contributed by atoms with Crippen molar-refractivity contribution in [2.45, 2.75) is 31.8 Å². The van der Waals surface area contributed by atoms with Gasteiger partial charge in [-0.05, 0) is 37.5 Å². The van der Waals surface area contributed by atoms with Crippen LogP contribution in [-0.4, -0.2) is 34.6 Å². The second kappa shape index (κ2) is 6.13. The van der Waals surface area contributed by atoms with Crippen LogP contribution in [0.3, 0.4) is 0 Å². The van der Waals surface area contributed by atoms with Crippen molar-refractivity contribution >= 4 is 23.6 Å². The summed E-state index contributed by atoms with van der Waals surface area (Å²) in [5.74, 6) is -0.951. The van der Waals surface area contributed by atoms with Gasteiger partial charge in [0.25, 0.3) is 0 Å². The molecule has 0 bridgehead atoms. The summed E-state index contributed by atoms with van der Waals surface area (Å²) in [5, 5.41) is 12.5. The molecule has 0 saturated carbocycles. The Labute approximate surface area is 122 Å². The Hall–Kier alpha value is -1.75. The molecule has 1 fully saturated rings.